The number of hydrogen-bond acceptors (Lipinski definition) is 4. The van der Waals surface area contributed by atoms with Gasteiger partial charge in [0, 0.05) is 9.92 Å². The maximum Gasteiger partial charge on any atom is 0.260 e. The van der Waals surface area contributed by atoms with Gasteiger partial charge in [-0.15, -0.1) is 11.8 Å². The van der Waals surface area contributed by atoms with Crippen molar-refractivity contribution in [3.63, 3.8) is 0 Å². The number of thioether (sulfide) groups is 1. The van der Waals surface area contributed by atoms with E-state index in [1.165, 1.54) is 11.8 Å². The van der Waals surface area contributed by atoms with E-state index in [4.69, 9.17) is 21.5 Å². The normalized spacial score (nSPS) is 12.5. The van der Waals surface area contributed by atoms with Gasteiger partial charge < -0.3 is 4.74 Å². The summed E-state index contributed by atoms with van der Waals surface area (Å²) in [5.41, 5.74) is 0.865. The molecule has 2 N–H and O–H groups in total. The van der Waals surface area contributed by atoms with Gasteiger partial charge in [-0.2, -0.15) is 0 Å². The minimum Gasteiger partial charge on any atom is -0.486 e. The second kappa shape index (κ2) is 7.73. The number of rotatable bonds is 6. The van der Waals surface area contributed by atoms with Crippen LogP contribution in [0, 0.1) is 0 Å². The highest BCUT2D eigenvalue weighted by Crippen LogP contribution is 2.34. The number of halogens is 1. The molecule has 0 spiro atoms. The molecule has 122 valence electrons. The molecule has 1 unspecified atom stereocenters. The molecule has 2 aromatic rings. The molecule has 0 aliphatic heterocycles. The molecular formula is C17H18ClNO3S. The molecule has 2 aromatic carbocycles. The summed E-state index contributed by atoms with van der Waals surface area (Å²) in [6, 6.07) is 16.4. The molecule has 0 aliphatic carbocycles. The summed E-state index contributed by atoms with van der Waals surface area (Å²) in [5, 5.41) is 9.03. The largest absolute Gasteiger partial charge is 0.486 e. The molecule has 0 radical (unpaired) electrons. The average molecular weight is 352 g/mol. The minimum absolute atomic E-state index is 0.516. The van der Waals surface area contributed by atoms with Gasteiger partial charge in [0.05, 0.1) is 0 Å². The van der Waals surface area contributed by atoms with Crippen molar-refractivity contribution in [2.45, 2.75) is 29.6 Å². The summed E-state index contributed by atoms with van der Waals surface area (Å²) in [6.45, 7) is 3.61. The first-order valence-corrected chi connectivity index (χ1v) is 8.28. The third-order valence-electron chi connectivity index (χ3n) is 3.17. The van der Waals surface area contributed by atoms with E-state index >= 15 is 0 Å². The molecule has 4 nitrogen and oxygen atoms in total. The Kier molecular flexibility index (Phi) is 5.93. The first-order valence-electron chi connectivity index (χ1n) is 7.02. The number of nitrogens with one attached hydrogen (secondary N) is 1. The van der Waals surface area contributed by atoms with Crippen LogP contribution in [-0.2, 0) is 4.79 Å². The summed E-state index contributed by atoms with van der Waals surface area (Å²) in [4.78, 5) is 13.0. The van der Waals surface area contributed by atoms with Crippen molar-refractivity contribution in [3.05, 3.63) is 59.6 Å². The molecule has 6 heteroatoms. The fourth-order valence-electron chi connectivity index (χ4n) is 2.06. The minimum atomic E-state index is -0.860. The van der Waals surface area contributed by atoms with Crippen molar-refractivity contribution < 1.29 is 14.7 Å². The lowest BCUT2D eigenvalue weighted by molar-refractivity contribution is -0.131. The molecule has 0 bridgehead atoms. The molecule has 23 heavy (non-hydrogen) atoms. The highest BCUT2D eigenvalue weighted by Gasteiger charge is 2.38. The smallest absolute Gasteiger partial charge is 0.260 e. The topological polar surface area (TPSA) is 58.6 Å². The average Bonchev–Trinajstić information content (AvgIpc) is 2.55. The number of amides is 1. The molecule has 0 heterocycles. The van der Waals surface area contributed by atoms with Gasteiger partial charge in [-0.25, -0.2) is 5.48 Å². The van der Waals surface area contributed by atoms with Crippen LogP contribution in [0.3, 0.4) is 0 Å². The van der Waals surface area contributed by atoms with E-state index in [-0.39, 0.29) is 0 Å². The zero-order valence-electron chi connectivity index (χ0n) is 12.8. The number of hydrogen-bond donors (Lipinski definition) is 2. The van der Waals surface area contributed by atoms with E-state index in [1.54, 1.807) is 43.6 Å². The van der Waals surface area contributed by atoms with E-state index in [0.29, 0.717) is 10.8 Å². The summed E-state index contributed by atoms with van der Waals surface area (Å²) in [5.74, 6) is 0.0848. The van der Waals surface area contributed by atoms with Gasteiger partial charge in [-0.1, -0.05) is 29.8 Å². The number of carbonyl (C=O) groups is 1. The predicted octanol–water partition coefficient (Wildman–Crippen LogP) is 4.16. The molecule has 0 saturated heterocycles. The molecular weight excluding hydrogens is 334 g/mol. The van der Waals surface area contributed by atoms with Crippen molar-refractivity contribution in [1.82, 2.24) is 5.48 Å². The Labute approximate surface area is 144 Å². The van der Waals surface area contributed by atoms with Gasteiger partial charge in [-0.3, -0.25) is 10.0 Å². The standard InChI is InChI=1S/C17H18ClNO3S/c1-17(2,22-13-10-8-12(18)9-11-13)15(16(20)19-21)23-14-6-4-3-5-7-14/h3-11,15,21H,1-2H3,(H,19,20). The van der Waals surface area contributed by atoms with Gasteiger partial charge >= 0.3 is 0 Å². The number of benzene rings is 2. The Morgan fingerprint density at radius 2 is 1.78 bits per heavy atom. The number of hydroxylamine groups is 1. The van der Waals surface area contributed by atoms with E-state index < -0.39 is 16.8 Å². The Morgan fingerprint density at radius 3 is 2.35 bits per heavy atom. The Bertz CT molecular complexity index is 647. The zero-order valence-corrected chi connectivity index (χ0v) is 14.4. The Morgan fingerprint density at radius 1 is 1.17 bits per heavy atom. The van der Waals surface area contributed by atoms with Crippen LogP contribution >= 0.6 is 23.4 Å². The Balaban J connectivity index is 2.22. The first kappa shape index (κ1) is 17.7. The van der Waals surface area contributed by atoms with Crippen LogP contribution in [0.5, 0.6) is 5.75 Å². The fraction of sp³-hybridized carbons (Fsp3) is 0.235. The van der Waals surface area contributed by atoms with Gasteiger partial charge in [-0.05, 0) is 50.2 Å². The van der Waals surface area contributed by atoms with Gasteiger partial charge in [0.1, 0.15) is 16.6 Å². The van der Waals surface area contributed by atoms with Crippen molar-refractivity contribution in [3.8, 4) is 5.75 Å². The van der Waals surface area contributed by atoms with Gasteiger partial charge in [0.25, 0.3) is 5.91 Å². The van der Waals surface area contributed by atoms with Gasteiger partial charge in [0.15, 0.2) is 0 Å². The van der Waals surface area contributed by atoms with Crippen LogP contribution in [0.1, 0.15) is 13.8 Å². The second-order valence-corrected chi connectivity index (χ2v) is 7.06. The third kappa shape index (κ3) is 4.89. The number of ether oxygens (including phenoxy) is 1. The monoisotopic (exact) mass is 351 g/mol. The molecule has 0 aromatic heterocycles. The molecule has 1 atom stereocenters. The lowest BCUT2D eigenvalue weighted by Gasteiger charge is -2.33. The summed E-state index contributed by atoms with van der Waals surface area (Å²) >= 11 is 7.20. The first-order chi connectivity index (χ1) is 10.9. The van der Waals surface area contributed by atoms with Crippen molar-refractivity contribution in [1.29, 1.82) is 0 Å². The van der Waals surface area contributed by atoms with Crippen molar-refractivity contribution in [2.75, 3.05) is 0 Å². The fourth-order valence-corrected chi connectivity index (χ4v) is 3.27. The van der Waals surface area contributed by atoms with Gasteiger partial charge in [0.2, 0.25) is 0 Å². The molecule has 0 fully saturated rings. The maximum absolute atomic E-state index is 12.1. The highest BCUT2D eigenvalue weighted by atomic mass is 35.5. The zero-order chi connectivity index (χ0) is 16.9. The Hall–Kier alpha value is -1.69. The molecule has 0 aliphatic rings. The lowest BCUT2D eigenvalue weighted by atomic mass is 10.0. The van der Waals surface area contributed by atoms with Crippen LogP contribution in [0.4, 0.5) is 0 Å². The maximum atomic E-state index is 12.1. The predicted molar refractivity (Wildman–Crippen MR) is 92.2 cm³/mol. The summed E-state index contributed by atoms with van der Waals surface area (Å²) in [7, 11) is 0. The van der Waals surface area contributed by atoms with E-state index in [9.17, 15) is 4.79 Å². The second-order valence-electron chi connectivity index (χ2n) is 5.45. The molecule has 0 saturated carbocycles. The van der Waals surface area contributed by atoms with E-state index in [0.717, 1.165) is 4.90 Å². The highest BCUT2D eigenvalue weighted by molar-refractivity contribution is 8.00. The van der Waals surface area contributed by atoms with Crippen molar-refractivity contribution >= 4 is 29.3 Å². The van der Waals surface area contributed by atoms with Crippen LogP contribution < -0.4 is 10.2 Å². The van der Waals surface area contributed by atoms with Crippen LogP contribution in [0.15, 0.2) is 59.5 Å². The number of carbonyl (C=O) groups excluding carboxylic acids is 1. The summed E-state index contributed by atoms with van der Waals surface area (Å²) < 4.78 is 5.96. The van der Waals surface area contributed by atoms with Crippen LogP contribution in [0.25, 0.3) is 0 Å². The molecule has 2 rings (SSSR count). The van der Waals surface area contributed by atoms with Crippen LogP contribution in [0.2, 0.25) is 5.02 Å². The van der Waals surface area contributed by atoms with Crippen LogP contribution in [-0.4, -0.2) is 22.0 Å². The molecule has 1 amide bonds. The lowest BCUT2D eigenvalue weighted by Crippen LogP contribution is -2.48. The third-order valence-corrected chi connectivity index (χ3v) is 4.99. The van der Waals surface area contributed by atoms with E-state index in [1.807, 2.05) is 30.3 Å². The SMILES string of the molecule is CC(C)(Oc1ccc(Cl)cc1)C(Sc1ccccc1)C(=O)NO. The quantitative estimate of drug-likeness (QED) is 0.466. The summed E-state index contributed by atoms with van der Waals surface area (Å²) in [6.07, 6.45) is 0. The van der Waals surface area contributed by atoms with Crippen molar-refractivity contribution in [2.24, 2.45) is 0 Å². The van der Waals surface area contributed by atoms with E-state index in [2.05, 4.69) is 0 Å².